The van der Waals surface area contributed by atoms with Crippen molar-refractivity contribution < 1.29 is 23.1 Å². The number of pyridine rings is 1. The van der Waals surface area contributed by atoms with Crippen LogP contribution in [0, 0.1) is 11.6 Å². The van der Waals surface area contributed by atoms with Crippen LogP contribution in [0.4, 0.5) is 8.78 Å². The summed E-state index contributed by atoms with van der Waals surface area (Å²) in [6.07, 6.45) is 2.70. The van der Waals surface area contributed by atoms with Crippen molar-refractivity contribution in [3.05, 3.63) is 124 Å². The van der Waals surface area contributed by atoms with Crippen LogP contribution < -0.4 is 26.2 Å². The Bertz CT molecular complexity index is 1470. The molecule has 0 aliphatic carbocycles. The molecule has 0 saturated heterocycles. The Morgan fingerprint density at radius 2 is 1.80 bits per heavy atom. The fraction of sp³-hybridized carbons (Fsp3) is 0.233. The summed E-state index contributed by atoms with van der Waals surface area (Å²) >= 11 is 0. The Morgan fingerprint density at radius 1 is 1.10 bits per heavy atom. The average molecular weight is 551 g/mol. The number of hydrogen-bond acceptors (Lipinski definition) is 5. The molecule has 2 atom stereocenters. The van der Waals surface area contributed by atoms with E-state index in [1.54, 1.807) is 45.0 Å². The van der Waals surface area contributed by atoms with Crippen molar-refractivity contribution >= 4 is 11.8 Å². The fourth-order valence-electron chi connectivity index (χ4n) is 3.52. The summed E-state index contributed by atoms with van der Waals surface area (Å²) in [5, 5.41) is 5.21. The van der Waals surface area contributed by atoms with E-state index in [1.807, 2.05) is 6.07 Å². The van der Waals surface area contributed by atoms with Crippen molar-refractivity contribution in [3.8, 4) is 5.75 Å². The van der Waals surface area contributed by atoms with Gasteiger partial charge in [0.05, 0.1) is 6.04 Å². The minimum Gasteiger partial charge on any atom is -0.482 e. The van der Waals surface area contributed by atoms with E-state index in [2.05, 4.69) is 29.2 Å². The molecule has 3 N–H and O–H groups in total. The van der Waals surface area contributed by atoms with E-state index in [4.69, 9.17) is 4.74 Å². The number of halogens is 2. The smallest absolute Gasteiger partial charge is 0.274 e. The molecule has 2 amide bonds. The number of carbonyl (C=O) groups excluding carboxylic acids is 2. The van der Waals surface area contributed by atoms with Gasteiger partial charge in [-0.05, 0) is 32.4 Å². The zero-order valence-electron chi connectivity index (χ0n) is 22.6. The second kappa shape index (κ2) is 13.4. The van der Waals surface area contributed by atoms with Gasteiger partial charge in [-0.25, -0.2) is 8.78 Å². The van der Waals surface area contributed by atoms with Gasteiger partial charge in [-0.15, -0.1) is 6.58 Å². The molecule has 0 bridgehead atoms. The fourth-order valence-corrected chi connectivity index (χ4v) is 3.52. The van der Waals surface area contributed by atoms with E-state index in [0.717, 1.165) is 11.6 Å². The number of hydrogen-bond donors (Lipinski definition) is 3. The molecule has 1 aromatic heterocycles. The molecule has 8 nitrogen and oxygen atoms in total. The van der Waals surface area contributed by atoms with E-state index in [9.17, 15) is 23.2 Å². The van der Waals surface area contributed by atoms with Crippen LogP contribution in [0.25, 0.3) is 0 Å². The molecule has 0 saturated carbocycles. The van der Waals surface area contributed by atoms with E-state index in [0.29, 0.717) is 11.6 Å². The minimum absolute atomic E-state index is 0.0269. The number of ether oxygens (including phenoxy) is 1. The Balaban J connectivity index is 2.10. The van der Waals surface area contributed by atoms with Gasteiger partial charge < -0.3 is 20.8 Å². The highest BCUT2D eigenvalue weighted by atomic mass is 19.1. The standard InChI is InChI=1S/C30H32F2N4O4/c1-6-19(4)34-30(39)26-28(40-17-21-10-8-7-9-11-21)27(37)24(16-36(26)35-20(5)18(2)3)29(38)33-15-22-12-13-23(31)14-25(22)32/h6-14,16,19-20,35H,1-2,15,17H2,3-5H3,(H,33,38)(H,34,39)/t19-,20?/m0/s1. The normalized spacial score (nSPS) is 12.1. The Morgan fingerprint density at radius 3 is 2.42 bits per heavy atom. The average Bonchev–Trinajstić information content (AvgIpc) is 2.92. The van der Waals surface area contributed by atoms with E-state index >= 15 is 0 Å². The first-order valence-electron chi connectivity index (χ1n) is 12.6. The molecule has 3 rings (SSSR count). The van der Waals surface area contributed by atoms with Crippen LogP contribution in [0.1, 0.15) is 52.7 Å². The topological polar surface area (TPSA) is 101 Å². The first-order valence-corrected chi connectivity index (χ1v) is 12.6. The first-order chi connectivity index (χ1) is 19.0. The number of aromatic nitrogens is 1. The largest absolute Gasteiger partial charge is 0.482 e. The molecule has 0 aliphatic rings. The summed E-state index contributed by atoms with van der Waals surface area (Å²) in [7, 11) is 0. The van der Waals surface area contributed by atoms with Crippen molar-refractivity contribution in [1.82, 2.24) is 15.3 Å². The summed E-state index contributed by atoms with van der Waals surface area (Å²) < 4.78 is 34.5. The molecule has 1 unspecified atom stereocenters. The van der Waals surface area contributed by atoms with Gasteiger partial charge in [-0.3, -0.25) is 19.1 Å². The van der Waals surface area contributed by atoms with Gasteiger partial charge in [0, 0.05) is 30.4 Å². The van der Waals surface area contributed by atoms with Crippen molar-refractivity contribution in [2.75, 3.05) is 5.43 Å². The number of nitrogens with one attached hydrogen (secondary N) is 3. The van der Waals surface area contributed by atoms with E-state index in [-0.39, 0.29) is 41.8 Å². The highest BCUT2D eigenvalue weighted by molar-refractivity contribution is 5.99. The van der Waals surface area contributed by atoms with E-state index < -0.39 is 34.9 Å². The maximum atomic E-state index is 14.1. The lowest BCUT2D eigenvalue weighted by molar-refractivity contribution is 0.0921. The molecule has 0 aliphatic heterocycles. The first kappa shape index (κ1) is 29.8. The molecule has 210 valence electrons. The van der Waals surface area contributed by atoms with Crippen LogP contribution in [0.2, 0.25) is 0 Å². The number of amides is 2. The van der Waals surface area contributed by atoms with Crippen LogP contribution >= 0.6 is 0 Å². The lowest BCUT2D eigenvalue weighted by Crippen LogP contribution is -2.40. The summed E-state index contributed by atoms with van der Waals surface area (Å²) in [5.74, 6) is -3.45. The van der Waals surface area contributed by atoms with Crippen molar-refractivity contribution in [2.45, 2.75) is 46.0 Å². The van der Waals surface area contributed by atoms with Gasteiger partial charge in [-0.1, -0.05) is 54.6 Å². The van der Waals surface area contributed by atoms with Crippen LogP contribution in [0.5, 0.6) is 5.75 Å². The quantitative estimate of drug-likeness (QED) is 0.290. The Labute approximate surface area is 231 Å². The molecule has 2 aromatic carbocycles. The van der Waals surface area contributed by atoms with Gasteiger partial charge in [0.2, 0.25) is 5.43 Å². The third kappa shape index (κ3) is 7.43. The maximum absolute atomic E-state index is 14.1. The number of nitrogens with zero attached hydrogens (tertiary/aromatic N) is 1. The summed E-state index contributed by atoms with van der Waals surface area (Å²) in [6, 6.07) is 11.1. The number of benzene rings is 2. The molecular formula is C30H32F2N4O4. The Kier molecular flexibility index (Phi) is 9.97. The molecule has 0 fully saturated rings. The highest BCUT2D eigenvalue weighted by Gasteiger charge is 2.27. The SMILES string of the molecule is C=C[C@H](C)NC(=O)c1c(OCc2ccccc2)c(=O)c(C(=O)NCc2ccc(F)cc2F)cn1NC(C)C(=C)C. The summed E-state index contributed by atoms with van der Waals surface area (Å²) in [6.45, 7) is 12.5. The van der Waals surface area contributed by atoms with Crippen LogP contribution in [0.15, 0.2) is 84.3 Å². The third-order valence-corrected chi connectivity index (χ3v) is 6.09. The third-order valence-electron chi connectivity index (χ3n) is 6.09. The predicted octanol–water partition coefficient (Wildman–Crippen LogP) is 4.45. The van der Waals surface area contributed by atoms with E-state index in [1.165, 1.54) is 23.0 Å². The lowest BCUT2D eigenvalue weighted by Gasteiger charge is -2.24. The van der Waals surface area contributed by atoms with Gasteiger partial charge in [0.1, 0.15) is 23.8 Å². The molecule has 3 aromatic rings. The maximum Gasteiger partial charge on any atom is 0.274 e. The zero-order valence-corrected chi connectivity index (χ0v) is 22.6. The number of carbonyl (C=O) groups is 2. The predicted molar refractivity (Wildman–Crippen MR) is 150 cm³/mol. The van der Waals surface area contributed by atoms with Crippen molar-refractivity contribution in [1.29, 1.82) is 0 Å². The van der Waals surface area contributed by atoms with Crippen molar-refractivity contribution in [2.24, 2.45) is 0 Å². The molecular weight excluding hydrogens is 518 g/mol. The lowest BCUT2D eigenvalue weighted by atomic mass is 10.1. The molecule has 0 spiro atoms. The van der Waals surface area contributed by atoms with Crippen LogP contribution in [-0.4, -0.2) is 28.6 Å². The molecule has 0 radical (unpaired) electrons. The van der Waals surface area contributed by atoms with Crippen molar-refractivity contribution in [3.63, 3.8) is 0 Å². The van der Waals surface area contributed by atoms with Gasteiger partial charge in [0.25, 0.3) is 11.8 Å². The second-order valence-corrected chi connectivity index (χ2v) is 9.31. The second-order valence-electron chi connectivity index (χ2n) is 9.31. The van der Waals surface area contributed by atoms with Crippen LogP contribution in [-0.2, 0) is 13.2 Å². The van der Waals surface area contributed by atoms with Gasteiger partial charge in [0.15, 0.2) is 11.4 Å². The molecule has 1 heterocycles. The van der Waals surface area contributed by atoms with Gasteiger partial charge in [-0.2, -0.15) is 0 Å². The Hall–Kier alpha value is -4.73. The monoisotopic (exact) mass is 550 g/mol. The molecule has 10 heteroatoms. The number of rotatable bonds is 12. The van der Waals surface area contributed by atoms with Crippen LogP contribution in [0.3, 0.4) is 0 Å². The summed E-state index contributed by atoms with van der Waals surface area (Å²) in [4.78, 5) is 40.2. The highest BCUT2D eigenvalue weighted by Crippen LogP contribution is 2.19. The molecule has 40 heavy (non-hydrogen) atoms. The zero-order chi connectivity index (χ0) is 29.4. The van der Waals surface area contributed by atoms with Gasteiger partial charge >= 0.3 is 0 Å². The summed E-state index contributed by atoms with van der Waals surface area (Å²) in [5.41, 5.74) is 3.17. The minimum atomic E-state index is -0.844.